The Morgan fingerprint density at radius 3 is 2.64 bits per heavy atom. The number of para-hydroxylation sites is 1. The summed E-state index contributed by atoms with van der Waals surface area (Å²) in [5.41, 5.74) is -0.424. The number of benzene rings is 1. The van der Waals surface area contributed by atoms with Crippen LogP contribution >= 0.6 is 12.6 Å². The van der Waals surface area contributed by atoms with Crippen molar-refractivity contribution in [2.45, 2.75) is 12.7 Å². The van der Waals surface area contributed by atoms with Gasteiger partial charge in [0, 0.05) is 6.20 Å². The molecule has 0 fully saturated rings. The van der Waals surface area contributed by atoms with Crippen LogP contribution in [0.15, 0.2) is 24.4 Å². The van der Waals surface area contributed by atoms with Gasteiger partial charge in [0.05, 0.1) is 12.4 Å². The molecule has 0 aliphatic carbocycles. The molecule has 0 saturated carbocycles. The van der Waals surface area contributed by atoms with E-state index in [1.54, 1.807) is 6.92 Å². The quantitative estimate of drug-likeness (QED) is 0.653. The van der Waals surface area contributed by atoms with Crippen molar-refractivity contribution in [3.63, 3.8) is 0 Å². The lowest BCUT2D eigenvalue weighted by Crippen LogP contribution is -2.12. The van der Waals surface area contributed by atoms with E-state index < -0.39 is 23.3 Å². The molecular weight excluding hydrogens is 312 g/mol. The first-order valence-electron chi connectivity index (χ1n) is 6.41. The van der Waals surface area contributed by atoms with Crippen LogP contribution in [-0.2, 0) is 10.5 Å². The minimum Gasteiger partial charge on any atom is -0.462 e. The topological polar surface area (TPSA) is 64.1 Å². The highest BCUT2D eigenvalue weighted by atomic mass is 32.1. The molecule has 5 nitrogen and oxygen atoms in total. The predicted molar refractivity (Wildman–Crippen MR) is 80.3 cm³/mol. The number of carbonyl (C=O) groups is 1. The van der Waals surface area contributed by atoms with Gasteiger partial charge in [-0.2, -0.15) is 12.6 Å². The van der Waals surface area contributed by atoms with Crippen molar-refractivity contribution in [2.24, 2.45) is 0 Å². The Morgan fingerprint density at radius 1 is 1.36 bits per heavy atom. The number of nitrogens with one attached hydrogen (secondary N) is 1. The average molecular weight is 325 g/mol. The average Bonchev–Trinajstić information content (AvgIpc) is 2.51. The third-order valence-corrected chi connectivity index (χ3v) is 2.96. The Kier molecular flexibility index (Phi) is 5.26. The van der Waals surface area contributed by atoms with Crippen molar-refractivity contribution in [2.75, 3.05) is 11.9 Å². The molecule has 0 aliphatic heterocycles. The molecule has 0 bridgehead atoms. The van der Waals surface area contributed by atoms with E-state index in [1.807, 2.05) is 0 Å². The lowest BCUT2D eigenvalue weighted by molar-refractivity contribution is 0.0526. The third-order valence-electron chi connectivity index (χ3n) is 2.68. The molecule has 22 heavy (non-hydrogen) atoms. The molecule has 0 spiro atoms. The first-order valence-corrected chi connectivity index (χ1v) is 7.05. The summed E-state index contributed by atoms with van der Waals surface area (Å²) in [6.07, 6.45) is 1.23. The number of thiol groups is 1. The number of hydrogen-bond acceptors (Lipinski definition) is 6. The third kappa shape index (κ3) is 3.51. The highest BCUT2D eigenvalue weighted by molar-refractivity contribution is 7.79. The minimum absolute atomic E-state index is 0.0185. The Labute approximate surface area is 131 Å². The molecule has 1 aromatic carbocycles. The van der Waals surface area contributed by atoms with Gasteiger partial charge in [0.15, 0.2) is 0 Å². The molecule has 8 heteroatoms. The van der Waals surface area contributed by atoms with Gasteiger partial charge in [0.2, 0.25) is 0 Å². The van der Waals surface area contributed by atoms with Gasteiger partial charge in [-0.05, 0) is 19.1 Å². The monoisotopic (exact) mass is 325 g/mol. The lowest BCUT2D eigenvalue weighted by atomic mass is 10.2. The summed E-state index contributed by atoms with van der Waals surface area (Å²) in [5, 5.41) is 2.49. The van der Waals surface area contributed by atoms with E-state index in [2.05, 4.69) is 27.9 Å². The van der Waals surface area contributed by atoms with E-state index in [1.165, 1.54) is 12.3 Å². The number of rotatable bonds is 5. The summed E-state index contributed by atoms with van der Waals surface area (Å²) >= 11 is 4.03. The summed E-state index contributed by atoms with van der Waals surface area (Å²) < 4.78 is 32.3. The molecule has 2 aromatic rings. The van der Waals surface area contributed by atoms with Crippen molar-refractivity contribution in [3.8, 4) is 0 Å². The van der Waals surface area contributed by atoms with Gasteiger partial charge in [0.1, 0.15) is 34.5 Å². The maximum atomic E-state index is 13.7. The van der Waals surface area contributed by atoms with Crippen LogP contribution in [0.3, 0.4) is 0 Å². The number of esters is 1. The van der Waals surface area contributed by atoms with Gasteiger partial charge in [-0.3, -0.25) is 0 Å². The van der Waals surface area contributed by atoms with E-state index in [-0.39, 0.29) is 23.7 Å². The molecule has 0 saturated heterocycles. The van der Waals surface area contributed by atoms with Gasteiger partial charge >= 0.3 is 5.97 Å². The number of ether oxygens (including phenoxy) is 1. The van der Waals surface area contributed by atoms with Crippen LogP contribution in [0.25, 0.3) is 0 Å². The zero-order valence-corrected chi connectivity index (χ0v) is 12.5. The van der Waals surface area contributed by atoms with Crippen LogP contribution in [0.1, 0.15) is 23.1 Å². The minimum atomic E-state index is -0.805. The maximum Gasteiger partial charge on any atom is 0.343 e. The number of halogens is 2. The Balaban J connectivity index is 2.45. The van der Waals surface area contributed by atoms with Gasteiger partial charge in [-0.25, -0.2) is 23.5 Å². The van der Waals surface area contributed by atoms with Crippen LogP contribution in [0.2, 0.25) is 0 Å². The van der Waals surface area contributed by atoms with E-state index in [4.69, 9.17) is 4.74 Å². The molecule has 0 unspecified atom stereocenters. The van der Waals surface area contributed by atoms with Crippen molar-refractivity contribution >= 4 is 30.1 Å². The number of aromatic nitrogens is 2. The van der Waals surface area contributed by atoms with Gasteiger partial charge in [0.25, 0.3) is 0 Å². The standard InChI is InChI=1S/C14H13F2N3O2S/c1-2-21-14(20)8-6-17-11(7-22)18-13(8)19-12-9(15)4-3-5-10(12)16/h3-6,22H,2,7H2,1H3,(H,17,18,19). The fourth-order valence-electron chi connectivity index (χ4n) is 1.68. The van der Waals surface area contributed by atoms with Crippen molar-refractivity contribution in [1.82, 2.24) is 9.97 Å². The molecule has 0 radical (unpaired) electrons. The van der Waals surface area contributed by atoms with Crippen LogP contribution in [0, 0.1) is 11.6 Å². The van der Waals surface area contributed by atoms with E-state index in [0.717, 1.165) is 12.1 Å². The SMILES string of the molecule is CCOC(=O)c1cnc(CS)nc1Nc1c(F)cccc1F. The van der Waals surface area contributed by atoms with Crippen LogP contribution < -0.4 is 5.32 Å². The van der Waals surface area contributed by atoms with Crippen molar-refractivity contribution < 1.29 is 18.3 Å². The summed E-state index contributed by atoms with van der Waals surface area (Å²) in [6, 6.07) is 3.42. The highest BCUT2D eigenvalue weighted by Gasteiger charge is 2.18. The molecule has 0 amide bonds. The molecule has 0 atom stereocenters. The predicted octanol–water partition coefficient (Wildman–Crippen LogP) is 3.10. The second kappa shape index (κ2) is 7.17. The summed E-state index contributed by atoms with van der Waals surface area (Å²) in [6.45, 7) is 1.80. The molecule has 116 valence electrons. The van der Waals surface area contributed by atoms with Crippen LogP contribution in [0.5, 0.6) is 0 Å². The fourth-order valence-corrected chi connectivity index (χ4v) is 1.84. The Hall–Kier alpha value is -2.22. The lowest BCUT2D eigenvalue weighted by Gasteiger charge is -2.12. The molecule has 1 aromatic heterocycles. The summed E-state index contributed by atoms with van der Waals surface area (Å²) in [5.74, 6) is -1.83. The molecule has 1 N–H and O–H groups in total. The van der Waals surface area contributed by atoms with Gasteiger partial charge in [-0.1, -0.05) is 6.07 Å². The molecular formula is C14H13F2N3O2S. The van der Waals surface area contributed by atoms with Crippen molar-refractivity contribution in [1.29, 1.82) is 0 Å². The van der Waals surface area contributed by atoms with E-state index in [9.17, 15) is 13.6 Å². The smallest absolute Gasteiger partial charge is 0.343 e. The van der Waals surface area contributed by atoms with Gasteiger partial charge in [-0.15, -0.1) is 0 Å². The number of anilines is 2. The number of carbonyl (C=O) groups excluding carboxylic acids is 1. The zero-order valence-electron chi connectivity index (χ0n) is 11.6. The fraction of sp³-hybridized carbons (Fsp3) is 0.214. The normalized spacial score (nSPS) is 10.4. The molecule has 2 rings (SSSR count). The first kappa shape index (κ1) is 16.2. The zero-order chi connectivity index (χ0) is 16.1. The van der Waals surface area contributed by atoms with E-state index in [0.29, 0.717) is 5.82 Å². The maximum absolute atomic E-state index is 13.7. The van der Waals surface area contributed by atoms with Crippen LogP contribution in [-0.4, -0.2) is 22.5 Å². The second-order valence-electron chi connectivity index (χ2n) is 4.15. The van der Waals surface area contributed by atoms with E-state index >= 15 is 0 Å². The molecule has 1 heterocycles. The Morgan fingerprint density at radius 2 is 2.05 bits per heavy atom. The molecule has 0 aliphatic rings. The van der Waals surface area contributed by atoms with Gasteiger partial charge < -0.3 is 10.1 Å². The Bertz CT molecular complexity index is 678. The highest BCUT2D eigenvalue weighted by Crippen LogP contribution is 2.24. The summed E-state index contributed by atoms with van der Waals surface area (Å²) in [7, 11) is 0. The van der Waals surface area contributed by atoms with Crippen LogP contribution in [0.4, 0.5) is 20.3 Å². The second-order valence-corrected chi connectivity index (χ2v) is 4.46. The first-order chi connectivity index (χ1) is 10.6. The number of nitrogens with zero attached hydrogens (tertiary/aromatic N) is 2. The van der Waals surface area contributed by atoms with Crippen molar-refractivity contribution in [3.05, 3.63) is 47.4 Å². The largest absolute Gasteiger partial charge is 0.462 e. The number of hydrogen-bond donors (Lipinski definition) is 2. The summed E-state index contributed by atoms with van der Waals surface area (Å²) in [4.78, 5) is 19.8.